The summed E-state index contributed by atoms with van der Waals surface area (Å²) in [5, 5.41) is 2.61. The smallest absolute Gasteiger partial charge is 0.350 e. The molecule has 7 heteroatoms. The van der Waals surface area contributed by atoms with Gasteiger partial charge in [0.1, 0.15) is 0 Å². The topological polar surface area (TPSA) is 55.1 Å². The molecule has 3 nitrogen and oxygen atoms in total. The molecule has 1 saturated carbocycles. The molecule has 0 aliphatic heterocycles. The van der Waals surface area contributed by atoms with E-state index in [9.17, 15) is 18.0 Å². The summed E-state index contributed by atoms with van der Waals surface area (Å²) >= 11 is 0. The second kappa shape index (κ2) is 5.38. The van der Waals surface area contributed by atoms with Gasteiger partial charge in [0.25, 0.3) is 0 Å². The number of rotatable bonds is 3. The zero-order valence-electron chi connectivity index (χ0n) is 9.96. The Balaban J connectivity index is 0.00000180. The minimum Gasteiger partial charge on any atom is -0.350 e. The molecule has 1 fully saturated rings. The molecule has 0 spiro atoms. The van der Waals surface area contributed by atoms with Crippen LogP contribution >= 0.6 is 12.4 Å². The number of nitrogens with one attached hydrogen (secondary N) is 1. The van der Waals surface area contributed by atoms with Crippen molar-refractivity contribution in [2.24, 2.45) is 5.73 Å². The van der Waals surface area contributed by atoms with Gasteiger partial charge < -0.3 is 11.1 Å². The Morgan fingerprint density at radius 1 is 1.26 bits per heavy atom. The number of hydrogen-bond acceptors (Lipinski definition) is 2. The van der Waals surface area contributed by atoms with E-state index in [1.165, 1.54) is 12.1 Å². The molecule has 0 aromatic heterocycles. The first-order chi connectivity index (χ1) is 8.31. The Labute approximate surface area is 114 Å². The highest BCUT2D eigenvalue weighted by Crippen LogP contribution is 2.32. The second-order valence-electron chi connectivity index (χ2n) is 4.53. The first-order valence-electron chi connectivity index (χ1n) is 5.55. The van der Waals surface area contributed by atoms with Crippen LogP contribution in [0.25, 0.3) is 0 Å². The number of hydrogen-bond donors (Lipinski definition) is 2. The van der Waals surface area contributed by atoms with E-state index in [0.29, 0.717) is 18.4 Å². The van der Waals surface area contributed by atoms with E-state index in [-0.39, 0.29) is 24.9 Å². The Bertz CT molecular complexity index is 455. The Hall–Kier alpha value is -1.27. The normalized spacial score (nSPS) is 16.4. The molecule has 0 atom stereocenters. The standard InChI is InChI=1S/C12H13F3N2O.ClH/c13-12(14,15)9-3-1-8(2-4-9)7-17-10(18)11(16)5-6-11;/h1-4H,5-7,16H2,(H,17,18);1H. The average Bonchev–Trinajstić information content (AvgIpc) is 3.05. The molecule has 106 valence electrons. The van der Waals surface area contributed by atoms with E-state index in [2.05, 4.69) is 5.32 Å². The Kier molecular flexibility index (Phi) is 4.47. The van der Waals surface area contributed by atoms with Crippen LogP contribution in [-0.2, 0) is 17.5 Å². The SMILES string of the molecule is Cl.NC1(C(=O)NCc2ccc(C(F)(F)F)cc2)CC1. The first-order valence-corrected chi connectivity index (χ1v) is 5.55. The van der Waals surface area contributed by atoms with E-state index in [0.717, 1.165) is 12.1 Å². The molecule has 1 amide bonds. The summed E-state index contributed by atoms with van der Waals surface area (Å²) in [6.07, 6.45) is -3.02. The lowest BCUT2D eigenvalue weighted by molar-refractivity contribution is -0.137. The van der Waals surface area contributed by atoms with E-state index in [4.69, 9.17) is 5.73 Å². The minimum atomic E-state index is -4.34. The summed E-state index contributed by atoms with van der Waals surface area (Å²) in [6, 6.07) is 4.69. The molecular weight excluding hydrogens is 281 g/mol. The van der Waals surface area contributed by atoms with Gasteiger partial charge in [0.2, 0.25) is 5.91 Å². The number of amides is 1. The minimum absolute atomic E-state index is 0. The van der Waals surface area contributed by atoms with Gasteiger partial charge in [-0.3, -0.25) is 4.79 Å². The predicted molar refractivity (Wildman–Crippen MR) is 66.7 cm³/mol. The zero-order chi connectivity index (χ0) is 13.4. The number of carbonyl (C=O) groups is 1. The maximum atomic E-state index is 12.3. The molecule has 19 heavy (non-hydrogen) atoms. The molecule has 0 radical (unpaired) electrons. The van der Waals surface area contributed by atoms with Crippen molar-refractivity contribution in [1.82, 2.24) is 5.32 Å². The summed E-state index contributed by atoms with van der Waals surface area (Å²) in [6.45, 7) is 0.190. The van der Waals surface area contributed by atoms with Gasteiger partial charge in [-0.15, -0.1) is 12.4 Å². The quantitative estimate of drug-likeness (QED) is 0.898. The summed E-state index contributed by atoms with van der Waals surface area (Å²) in [4.78, 5) is 11.5. The maximum absolute atomic E-state index is 12.3. The Morgan fingerprint density at radius 2 is 1.79 bits per heavy atom. The fourth-order valence-electron chi connectivity index (χ4n) is 1.53. The highest BCUT2D eigenvalue weighted by Gasteiger charge is 2.45. The summed E-state index contributed by atoms with van der Waals surface area (Å²) in [5.74, 6) is -0.248. The van der Waals surface area contributed by atoms with E-state index < -0.39 is 17.3 Å². The highest BCUT2D eigenvalue weighted by molar-refractivity contribution is 5.88. The van der Waals surface area contributed by atoms with Gasteiger partial charge in [0.15, 0.2) is 0 Å². The third kappa shape index (κ3) is 3.84. The monoisotopic (exact) mass is 294 g/mol. The van der Waals surface area contributed by atoms with Crippen molar-refractivity contribution in [3.63, 3.8) is 0 Å². The lowest BCUT2D eigenvalue weighted by atomic mass is 10.1. The van der Waals surface area contributed by atoms with Gasteiger partial charge in [-0.05, 0) is 30.5 Å². The molecule has 3 N–H and O–H groups in total. The van der Waals surface area contributed by atoms with Crippen LogP contribution in [-0.4, -0.2) is 11.4 Å². The van der Waals surface area contributed by atoms with Crippen molar-refractivity contribution >= 4 is 18.3 Å². The summed E-state index contributed by atoms with van der Waals surface area (Å²) < 4.78 is 36.9. The molecule has 2 rings (SSSR count). The lowest BCUT2D eigenvalue weighted by Crippen LogP contribution is -2.42. The van der Waals surface area contributed by atoms with E-state index in [1.807, 2.05) is 0 Å². The van der Waals surface area contributed by atoms with Crippen molar-refractivity contribution in [1.29, 1.82) is 0 Å². The molecule has 1 aromatic rings. The predicted octanol–water partition coefficient (Wildman–Crippen LogP) is 2.23. The molecule has 0 saturated heterocycles. The van der Waals surface area contributed by atoms with E-state index in [1.54, 1.807) is 0 Å². The van der Waals surface area contributed by atoms with Crippen molar-refractivity contribution in [3.8, 4) is 0 Å². The van der Waals surface area contributed by atoms with Gasteiger partial charge in [-0.25, -0.2) is 0 Å². The van der Waals surface area contributed by atoms with Crippen molar-refractivity contribution < 1.29 is 18.0 Å². The van der Waals surface area contributed by atoms with E-state index >= 15 is 0 Å². The molecule has 0 unspecified atom stereocenters. The summed E-state index contributed by atoms with van der Waals surface area (Å²) in [5.41, 5.74) is 4.83. The molecular formula is C12H14ClF3N2O. The highest BCUT2D eigenvalue weighted by atomic mass is 35.5. The molecule has 0 heterocycles. The van der Waals surface area contributed by atoms with Crippen LogP contribution in [0.4, 0.5) is 13.2 Å². The lowest BCUT2D eigenvalue weighted by Gasteiger charge is -2.11. The van der Waals surface area contributed by atoms with Gasteiger partial charge >= 0.3 is 6.18 Å². The maximum Gasteiger partial charge on any atom is 0.416 e. The van der Waals surface area contributed by atoms with Crippen LogP contribution in [0.15, 0.2) is 24.3 Å². The fourth-order valence-corrected chi connectivity index (χ4v) is 1.53. The Morgan fingerprint density at radius 3 is 2.21 bits per heavy atom. The van der Waals surface area contributed by atoms with Crippen LogP contribution in [0, 0.1) is 0 Å². The first kappa shape index (κ1) is 15.8. The molecule has 1 aliphatic carbocycles. The van der Waals surface area contributed by atoms with Gasteiger partial charge in [0, 0.05) is 6.54 Å². The molecule has 1 aliphatic rings. The van der Waals surface area contributed by atoms with Crippen LogP contribution in [0.3, 0.4) is 0 Å². The second-order valence-corrected chi connectivity index (χ2v) is 4.53. The van der Waals surface area contributed by atoms with Crippen molar-refractivity contribution in [2.45, 2.75) is 31.1 Å². The molecule has 0 bridgehead atoms. The fraction of sp³-hybridized carbons (Fsp3) is 0.417. The van der Waals surface area contributed by atoms with Gasteiger partial charge in [0.05, 0.1) is 11.1 Å². The third-order valence-corrected chi connectivity index (χ3v) is 2.98. The average molecular weight is 295 g/mol. The number of halogens is 4. The number of carbonyl (C=O) groups excluding carboxylic acids is 1. The number of alkyl halides is 3. The van der Waals surface area contributed by atoms with Crippen molar-refractivity contribution in [2.75, 3.05) is 0 Å². The van der Waals surface area contributed by atoms with Crippen LogP contribution < -0.4 is 11.1 Å². The van der Waals surface area contributed by atoms with Crippen LogP contribution in [0.5, 0.6) is 0 Å². The van der Waals surface area contributed by atoms with Gasteiger partial charge in [-0.2, -0.15) is 13.2 Å². The largest absolute Gasteiger partial charge is 0.416 e. The van der Waals surface area contributed by atoms with Crippen molar-refractivity contribution in [3.05, 3.63) is 35.4 Å². The van der Waals surface area contributed by atoms with Crippen LogP contribution in [0.1, 0.15) is 24.0 Å². The van der Waals surface area contributed by atoms with Gasteiger partial charge in [-0.1, -0.05) is 12.1 Å². The molecule has 1 aromatic carbocycles. The third-order valence-electron chi connectivity index (χ3n) is 2.98. The summed E-state index contributed by atoms with van der Waals surface area (Å²) in [7, 11) is 0. The van der Waals surface area contributed by atoms with Crippen LogP contribution in [0.2, 0.25) is 0 Å². The number of nitrogens with two attached hydrogens (primary N) is 1. The number of benzene rings is 1. The zero-order valence-corrected chi connectivity index (χ0v) is 10.8.